The molecular weight excluding hydrogens is 476 g/mol. The zero-order valence-electron chi connectivity index (χ0n) is 22.7. The van der Waals surface area contributed by atoms with Crippen molar-refractivity contribution in [2.45, 2.75) is 66.6 Å². The summed E-state index contributed by atoms with van der Waals surface area (Å²) in [6.45, 7) is 10.4. The summed E-state index contributed by atoms with van der Waals surface area (Å²) < 4.78 is 6.18. The molecule has 0 saturated heterocycles. The third kappa shape index (κ3) is 5.36. The zero-order chi connectivity index (χ0) is 26.8. The third-order valence-electron chi connectivity index (χ3n) is 6.78. The van der Waals surface area contributed by atoms with E-state index in [4.69, 9.17) is 9.72 Å². The van der Waals surface area contributed by atoms with E-state index in [1.54, 1.807) is 0 Å². The van der Waals surface area contributed by atoms with E-state index < -0.39 is 0 Å². The molecule has 2 heterocycles. The van der Waals surface area contributed by atoms with Gasteiger partial charge in [-0.1, -0.05) is 32.0 Å². The molecule has 5 rings (SSSR count). The minimum absolute atomic E-state index is 0.000710. The molecule has 1 aliphatic rings. The van der Waals surface area contributed by atoms with Crippen molar-refractivity contribution in [3.63, 3.8) is 0 Å². The Hall–Kier alpha value is -3.91. The highest BCUT2D eigenvalue weighted by Gasteiger charge is 2.27. The predicted octanol–water partition coefficient (Wildman–Crippen LogP) is 6.43. The number of ether oxygens (including phenoxy) is 1. The Morgan fingerprint density at radius 2 is 1.89 bits per heavy atom. The molecule has 0 atom stereocenters. The molecule has 38 heavy (non-hydrogen) atoms. The standard InChI is InChI=1S/C30H36N6O2/c1-17(2)10-11-20-8-6-7-9-24(20)32-29-19(5)15-31-30(34-29)33-25-14-22-21(13-27(25)38-18(3)4)12-23-26(16-37)35-36-28(22)23/h6-9,13-15,17-18,37H,10-12,16H2,1-5H3,(H,35,36)(H2,31,32,33,34). The molecule has 0 amide bonds. The number of aliphatic hydroxyl groups excluding tert-OH is 1. The maximum absolute atomic E-state index is 9.69. The number of nitrogens with zero attached hydrogens (tertiary/aromatic N) is 3. The molecule has 0 unspecified atom stereocenters. The van der Waals surface area contributed by atoms with Gasteiger partial charge in [-0.2, -0.15) is 10.1 Å². The molecule has 2 aromatic carbocycles. The van der Waals surface area contributed by atoms with Crippen LogP contribution in [0.2, 0.25) is 0 Å². The van der Waals surface area contributed by atoms with Crippen LogP contribution in [0.3, 0.4) is 0 Å². The largest absolute Gasteiger partial charge is 0.489 e. The molecule has 198 valence electrons. The van der Waals surface area contributed by atoms with Crippen LogP contribution < -0.4 is 15.4 Å². The highest BCUT2D eigenvalue weighted by molar-refractivity contribution is 5.81. The van der Waals surface area contributed by atoms with Crippen LogP contribution in [-0.4, -0.2) is 31.4 Å². The average molecular weight is 513 g/mol. The summed E-state index contributed by atoms with van der Waals surface area (Å²) in [5.41, 5.74) is 8.85. The van der Waals surface area contributed by atoms with Crippen LogP contribution in [0.15, 0.2) is 42.6 Å². The minimum atomic E-state index is -0.0651. The summed E-state index contributed by atoms with van der Waals surface area (Å²) >= 11 is 0. The minimum Gasteiger partial charge on any atom is -0.489 e. The van der Waals surface area contributed by atoms with E-state index in [0.717, 1.165) is 69.4 Å². The lowest BCUT2D eigenvalue weighted by Crippen LogP contribution is -2.09. The number of hydrogen-bond acceptors (Lipinski definition) is 7. The van der Waals surface area contributed by atoms with Crippen molar-refractivity contribution >= 4 is 23.1 Å². The van der Waals surface area contributed by atoms with Crippen LogP contribution in [0.4, 0.5) is 23.1 Å². The van der Waals surface area contributed by atoms with Crippen LogP contribution in [0.25, 0.3) is 11.3 Å². The Morgan fingerprint density at radius 3 is 2.66 bits per heavy atom. The van der Waals surface area contributed by atoms with Gasteiger partial charge in [0.05, 0.1) is 29.8 Å². The quantitative estimate of drug-likeness (QED) is 0.171. The number of aromatic nitrogens is 4. The van der Waals surface area contributed by atoms with Crippen LogP contribution in [-0.2, 0) is 19.4 Å². The van der Waals surface area contributed by atoms with Crippen LogP contribution in [0.5, 0.6) is 5.75 Å². The average Bonchev–Trinajstić information content (AvgIpc) is 3.44. The maximum atomic E-state index is 9.69. The maximum Gasteiger partial charge on any atom is 0.229 e. The van der Waals surface area contributed by atoms with Gasteiger partial charge < -0.3 is 20.5 Å². The summed E-state index contributed by atoms with van der Waals surface area (Å²) in [7, 11) is 0. The number of para-hydroxylation sites is 1. The molecule has 2 aromatic heterocycles. The Morgan fingerprint density at radius 1 is 1.08 bits per heavy atom. The SMILES string of the molecule is Cc1cnc(Nc2cc3c(cc2OC(C)C)Cc2c-3n[nH]c2CO)nc1Nc1ccccc1CCC(C)C. The van der Waals surface area contributed by atoms with Gasteiger partial charge in [0.2, 0.25) is 5.95 Å². The molecular formula is C30H36N6O2. The van der Waals surface area contributed by atoms with Crippen LogP contribution in [0, 0.1) is 12.8 Å². The molecule has 0 radical (unpaired) electrons. The van der Waals surface area contributed by atoms with E-state index in [-0.39, 0.29) is 12.7 Å². The highest BCUT2D eigenvalue weighted by Crippen LogP contribution is 2.43. The highest BCUT2D eigenvalue weighted by atomic mass is 16.5. The van der Waals surface area contributed by atoms with Gasteiger partial charge in [-0.25, -0.2) is 4.98 Å². The third-order valence-corrected chi connectivity index (χ3v) is 6.78. The number of aromatic amines is 1. The fraction of sp³-hybridized carbons (Fsp3) is 0.367. The number of fused-ring (bicyclic) bond motifs is 3. The Labute approximate surface area is 223 Å². The number of benzene rings is 2. The molecule has 0 saturated carbocycles. The van der Waals surface area contributed by atoms with Crippen molar-refractivity contribution in [3.8, 4) is 17.0 Å². The molecule has 0 bridgehead atoms. The first-order valence-electron chi connectivity index (χ1n) is 13.3. The first-order valence-corrected chi connectivity index (χ1v) is 13.3. The van der Waals surface area contributed by atoms with Gasteiger partial charge >= 0.3 is 0 Å². The second-order valence-corrected chi connectivity index (χ2v) is 10.6. The van der Waals surface area contributed by atoms with E-state index >= 15 is 0 Å². The summed E-state index contributed by atoms with van der Waals surface area (Å²) in [4.78, 5) is 9.39. The van der Waals surface area contributed by atoms with Crippen molar-refractivity contribution in [1.82, 2.24) is 20.2 Å². The number of nitrogens with one attached hydrogen (secondary N) is 3. The molecule has 0 fully saturated rings. The normalized spacial score (nSPS) is 12.1. The first kappa shape index (κ1) is 25.7. The topological polar surface area (TPSA) is 108 Å². The van der Waals surface area contributed by atoms with Crippen molar-refractivity contribution < 1.29 is 9.84 Å². The molecule has 4 aromatic rings. The summed E-state index contributed by atoms with van der Waals surface area (Å²) in [6, 6.07) is 12.5. The number of rotatable bonds is 10. The molecule has 0 spiro atoms. The van der Waals surface area contributed by atoms with Crippen molar-refractivity contribution in [3.05, 3.63) is 70.5 Å². The van der Waals surface area contributed by atoms with Crippen molar-refractivity contribution in [1.29, 1.82) is 0 Å². The van der Waals surface area contributed by atoms with E-state index in [2.05, 4.69) is 63.9 Å². The summed E-state index contributed by atoms with van der Waals surface area (Å²) in [6.07, 6.45) is 4.66. The number of H-pyrrole nitrogens is 1. The van der Waals surface area contributed by atoms with Gasteiger partial charge in [0.25, 0.3) is 0 Å². The van der Waals surface area contributed by atoms with E-state index in [1.165, 1.54) is 5.56 Å². The van der Waals surface area contributed by atoms with Gasteiger partial charge in [0.1, 0.15) is 11.6 Å². The van der Waals surface area contributed by atoms with Gasteiger partial charge in [-0.15, -0.1) is 0 Å². The monoisotopic (exact) mass is 512 g/mol. The van der Waals surface area contributed by atoms with Gasteiger partial charge in [0.15, 0.2) is 0 Å². The van der Waals surface area contributed by atoms with Crippen LogP contribution >= 0.6 is 0 Å². The van der Waals surface area contributed by atoms with E-state index in [0.29, 0.717) is 18.3 Å². The van der Waals surface area contributed by atoms with Gasteiger partial charge in [0, 0.05) is 35.0 Å². The number of aliphatic hydroxyl groups is 1. The fourth-order valence-electron chi connectivity index (χ4n) is 4.75. The lowest BCUT2D eigenvalue weighted by Gasteiger charge is -2.18. The van der Waals surface area contributed by atoms with Crippen molar-refractivity contribution in [2.24, 2.45) is 5.92 Å². The van der Waals surface area contributed by atoms with Crippen molar-refractivity contribution in [2.75, 3.05) is 10.6 Å². The zero-order valence-corrected chi connectivity index (χ0v) is 22.7. The number of anilines is 4. The van der Waals surface area contributed by atoms with E-state index in [1.807, 2.05) is 39.1 Å². The fourth-order valence-corrected chi connectivity index (χ4v) is 4.75. The van der Waals surface area contributed by atoms with E-state index in [9.17, 15) is 5.11 Å². The number of hydrogen-bond donors (Lipinski definition) is 4. The van der Waals surface area contributed by atoms with Gasteiger partial charge in [-0.05, 0) is 68.9 Å². The smallest absolute Gasteiger partial charge is 0.229 e. The second kappa shape index (κ2) is 10.8. The Bertz CT molecular complexity index is 1440. The molecule has 8 heteroatoms. The summed E-state index contributed by atoms with van der Waals surface area (Å²) in [5.74, 6) is 2.61. The predicted molar refractivity (Wildman–Crippen MR) is 151 cm³/mol. The lowest BCUT2D eigenvalue weighted by atomic mass is 10.0. The molecule has 1 aliphatic carbocycles. The number of aryl methyl sites for hydroxylation is 2. The Kier molecular flexibility index (Phi) is 7.33. The van der Waals surface area contributed by atoms with Crippen LogP contribution in [0.1, 0.15) is 62.1 Å². The Balaban J connectivity index is 1.45. The first-order chi connectivity index (χ1) is 18.3. The molecule has 8 nitrogen and oxygen atoms in total. The summed E-state index contributed by atoms with van der Waals surface area (Å²) in [5, 5.41) is 24.0. The molecule has 0 aliphatic heterocycles. The van der Waals surface area contributed by atoms with Gasteiger partial charge in [-0.3, -0.25) is 5.10 Å². The molecule has 4 N–H and O–H groups in total. The second-order valence-electron chi connectivity index (χ2n) is 10.6. The lowest BCUT2D eigenvalue weighted by molar-refractivity contribution is 0.243.